The lowest BCUT2D eigenvalue weighted by atomic mass is 10.1. The van der Waals surface area contributed by atoms with Gasteiger partial charge in [0.05, 0.1) is 18.8 Å². The Morgan fingerprint density at radius 3 is 2.41 bits per heavy atom. The minimum Gasteiger partial charge on any atom is -0.492 e. The smallest absolute Gasteiger partial charge is 0.234 e. The predicted octanol–water partition coefficient (Wildman–Crippen LogP) is 1.81. The summed E-state index contributed by atoms with van der Waals surface area (Å²) >= 11 is 0. The van der Waals surface area contributed by atoms with Crippen molar-refractivity contribution in [2.75, 3.05) is 63.9 Å². The molecule has 2 aliphatic heterocycles. The first-order valence-electron chi connectivity index (χ1n) is 10.4. The molecular weight excluding hydrogens is 340 g/mol. The van der Waals surface area contributed by atoms with Gasteiger partial charge in [0.1, 0.15) is 5.75 Å². The van der Waals surface area contributed by atoms with Crippen molar-refractivity contribution >= 4 is 11.6 Å². The van der Waals surface area contributed by atoms with Crippen LogP contribution in [0.1, 0.15) is 26.7 Å². The van der Waals surface area contributed by atoms with Crippen molar-refractivity contribution in [3.05, 3.63) is 24.3 Å². The van der Waals surface area contributed by atoms with Gasteiger partial charge in [-0.1, -0.05) is 19.1 Å². The Morgan fingerprint density at radius 2 is 1.74 bits per heavy atom. The van der Waals surface area contributed by atoms with E-state index < -0.39 is 0 Å². The van der Waals surface area contributed by atoms with Gasteiger partial charge in [0.2, 0.25) is 5.91 Å². The normalized spacial score (nSPS) is 19.9. The maximum Gasteiger partial charge on any atom is 0.234 e. The van der Waals surface area contributed by atoms with Gasteiger partial charge in [0, 0.05) is 45.3 Å². The lowest BCUT2D eigenvalue weighted by Gasteiger charge is -2.37. The lowest BCUT2D eigenvalue weighted by Crippen LogP contribution is -2.51. The Morgan fingerprint density at radius 1 is 1.04 bits per heavy atom. The van der Waals surface area contributed by atoms with E-state index in [2.05, 4.69) is 39.1 Å². The van der Waals surface area contributed by atoms with E-state index in [0.29, 0.717) is 19.2 Å². The minimum atomic E-state index is 0.174. The summed E-state index contributed by atoms with van der Waals surface area (Å²) in [6.45, 7) is 12.4. The van der Waals surface area contributed by atoms with Gasteiger partial charge < -0.3 is 19.9 Å². The first-order chi connectivity index (χ1) is 13.2. The first-order valence-corrected chi connectivity index (χ1v) is 10.4. The number of likely N-dealkylation sites (tertiary alicyclic amines) is 1. The van der Waals surface area contributed by atoms with Crippen LogP contribution in [-0.4, -0.2) is 80.7 Å². The maximum atomic E-state index is 12.4. The van der Waals surface area contributed by atoms with Crippen LogP contribution in [0.2, 0.25) is 0 Å². The van der Waals surface area contributed by atoms with Gasteiger partial charge in [-0.15, -0.1) is 0 Å². The summed E-state index contributed by atoms with van der Waals surface area (Å²) < 4.78 is 5.76. The third-order valence-electron chi connectivity index (χ3n) is 5.65. The number of hydrogen-bond acceptors (Lipinski definition) is 5. The van der Waals surface area contributed by atoms with Crippen LogP contribution in [0, 0.1) is 0 Å². The molecule has 150 valence electrons. The summed E-state index contributed by atoms with van der Waals surface area (Å²) in [6.07, 6.45) is 2.14. The second-order valence-electron chi connectivity index (χ2n) is 7.44. The van der Waals surface area contributed by atoms with Crippen LogP contribution in [0.5, 0.6) is 5.75 Å². The molecule has 2 heterocycles. The largest absolute Gasteiger partial charge is 0.492 e. The fourth-order valence-corrected chi connectivity index (χ4v) is 4.01. The van der Waals surface area contributed by atoms with Gasteiger partial charge in [-0.05, 0) is 38.4 Å². The average molecular weight is 375 g/mol. The van der Waals surface area contributed by atoms with E-state index in [9.17, 15) is 4.79 Å². The quantitative estimate of drug-likeness (QED) is 0.789. The number of nitrogens with one attached hydrogen (secondary N) is 1. The number of ether oxygens (including phenoxy) is 1. The standard InChI is InChI=1S/C21H34N4O2/c1-3-23-11-9-18(10-12-23)22-21(26)17-24-13-15-25(16-14-24)19-7-5-6-8-20(19)27-4-2/h5-8,18H,3-4,9-17H2,1-2H3,(H,22,26). The van der Waals surface area contributed by atoms with Crippen molar-refractivity contribution in [3.63, 3.8) is 0 Å². The van der Waals surface area contributed by atoms with Crippen molar-refractivity contribution in [2.45, 2.75) is 32.7 Å². The van der Waals surface area contributed by atoms with Gasteiger partial charge >= 0.3 is 0 Å². The zero-order chi connectivity index (χ0) is 19.1. The molecule has 6 heteroatoms. The number of rotatable bonds is 7. The number of amides is 1. The zero-order valence-corrected chi connectivity index (χ0v) is 16.8. The van der Waals surface area contributed by atoms with Crippen molar-refractivity contribution in [2.24, 2.45) is 0 Å². The van der Waals surface area contributed by atoms with Crippen LogP contribution < -0.4 is 15.0 Å². The van der Waals surface area contributed by atoms with Crippen molar-refractivity contribution in [1.29, 1.82) is 0 Å². The van der Waals surface area contributed by atoms with E-state index in [1.165, 1.54) is 0 Å². The van der Waals surface area contributed by atoms with Crippen LogP contribution >= 0.6 is 0 Å². The molecule has 1 aromatic carbocycles. The minimum absolute atomic E-state index is 0.174. The highest BCUT2D eigenvalue weighted by Crippen LogP contribution is 2.28. The molecule has 1 aromatic rings. The van der Waals surface area contributed by atoms with Crippen molar-refractivity contribution in [1.82, 2.24) is 15.1 Å². The van der Waals surface area contributed by atoms with Crippen LogP contribution in [0.15, 0.2) is 24.3 Å². The number of carbonyl (C=O) groups excluding carboxylic acids is 1. The second-order valence-corrected chi connectivity index (χ2v) is 7.44. The predicted molar refractivity (Wildman–Crippen MR) is 110 cm³/mol. The van der Waals surface area contributed by atoms with Crippen LogP contribution in [0.4, 0.5) is 5.69 Å². The molecule has 0 radical (unpaired) electrons. The molecule has 1 amide bonds. The van der Waals surface area contributed by atoms with E-state index in [0.717, 1.165) is 70.1 Å². The molecule has 0 aliphatic carbocycles. The Balaban J connectivity index is 1.42. The average Bonchev–Trinajstić information content (AvgIpc) is 2.70. The molecule has 2 fully saturated rings. The van der Waals surface area contributed by atoms with E-state index in [4.69, 9.17) is 4.74 Å². The summed E-state index contributed by atoms with van der Waals surface area (Å²) in [5.41, 5.74) is 1.16. The lowest BCUT2D eigenvalue weighted by molar-refractivity contribution is -0.123. The highest BCUT2D eigenvalue weighted by Gasteiger charge is 2.23. The Kier molecular flexibility index (Phi) is 7.35. The molecule has 0 atom stereocenters. The summed E-state index contributed by atoms with van der Waals surface area (Å²) in [4.78, 5) is 19.5. The molecule has 27 heavy (non-hydrogen) atoms. The number of hydrogen-bond donors (Lipinski definition) is 1. The summed E-state index contributed by atoms with van der Waals surface area (Å²) in [6, 6.07) is 8.57. The van der Waals surface area contributed by atoms with Crippen LogP contribution in [0.25, 0.3) is 0 Å². The number of para-hydroxylation sites is 2. The topological polar surface area (TPSA) is 48.1 Å². The summed E-state index contributed by atoms with van der Waals surface area (Å²) in [5.74, 6) is 1.12. The summed E-state index contributed by atoms with van der Waals surface area (Å²) in [5, 5.41) is 3.24. The zero-order valence-electron chi connectivity index (χ0n) is 16.8. The Hall–Kier alpha value is -1.79. The molecule has 0 aromatic heterocycles. The molecular formula is C21H34N4O2. The highest BCUT2D eigenvalue weighted by atomic mass is 16.5. The van der Waals surface area contributed by atoms with E-state index in [-0.39, 0.29) is 5.91 Å². The van der Waals surface area contributed by atoms with Crippen LogP contribution in [-0.2, 0) is 4.79 Å². The van der Waals surface area contributed by atoms with Gasteiger partial charge in [0.25, 0.3) is 0 Å². The SMILES string of the molecule is CCOc1ccccc1N1CCN(CC(=O)NC2CCN(CC)CC2)CC1. The fraction of sp³-hybridized carbons (Fsp3) is 0.667. The monoisotopic (exact) mass is 374 g/mol. The molecule has 0 spiro atoms. The van der Waals surface area contributed by atoms with Gasteiger partial charge in [-0.25, -0.2) is 0 Å². The summed E-state index contributed by atoms with van der Waals surface area (Å²) in [7, 11) is 0. The second kappa shape index (κ2) is 9.95. The number of benzene rings is 1. The first kappa shape index (κ1) is 20.0. The van der Waals surface area contributed by atoms with E-state index in [1.807, 2.05) is 19.1 Å². The van der Waals surface area contributed by atoms with Crippen LogP contribution in [0.3, 0.4) is 0 Å². The molecule has 3 rings (SSSR count). The maximum absolute atomic E-state index is 12.4. The molecule has 0 unspecified atom stereocenters. The number of anilines is 1. The molecule has 2 aliphatic rings. The molecule has 0 saturated carbocycles. The Labute approximate surface area is 163 Å². The Bertz CT molecular complexity index is 594. The van der Waals surface area contributed by atoms with E-state index >= 15 is 0 Å². The third kappa shape index (κ3) is 5.59. The number of nitrogens with zero attached hydrogens (tertiary/aromatic N) is 3. The fourth-order valence-electron chi connectivity index (χ4n) is 4.01. The van der Waals surface area contributed by atoms with Crippen molar-refractivity contribution < 1.29 is 9.53 Å². The molecule has 2 saturated heterocycles. The molecule has 6 nitrogen and oxygen atoms in total. The molecule has 1 N–H and O–H groups in total. The number of piperidine rings is 1. The van der Waals surface area contributed by atoms with Gasteiger partial charge in [-0.3, -0.25) is 9.69 Å². The number of carbonyl (C=O) groups is 1. The highest BCUT2D eigenvalue weighted by molar-refractivity contribution is 5.78. The third-order valence-corrected chi connectivity index (χ3v) is 5.65. The van der Waals surface area contributed by atoms with Crippen molar-refractivity contribution in [3.8, 4) is 5.75 Å². The number of piperazine rings is 1. The van der Waals surface area contributed by atoms with Gasteiger partial charge in [0.15, 0.2) is 0 Å². The van der Waals surface area contributed by atoms with Gasteiger partial charge in [-0.2, -0.15) is 0 Å². The molecule has 0 bridgehead atoms. The van der Waals surface area contributed by atoms with E-state index in [1.54, 1.807) is 0 Å².